The van der Waals surface area contributed by atoms with Crippen LogP contribution in [0.3, 0.4) is 0 Å². The van der Waals surface area contributed by atoms with Crippen LogP contribution in [0.25, 0.3) is 0 Å². The molecule has 1 atom stereocenters. The molecule has 2 rings (SSSR count). The Morgan fingerprint density at radius 2 is 1.79 bits per heavy atom. The summed E-state index contributed by atoms with van der Waals surface area (Å²) in [6.45, 7) is 0.660. The zero-order valence-corrected chi connectivity index (χ0v) is 18.2. The molecule has 5 nitrogen and oxygen atoms in total. The van der Waals surface area contributed by atoms with Crippen molar-refractivity contribution < 1.29 is 14.7 Å². The third-order valence-electron chi connectivity index (χ3n) is 4.13. The number of aryl methyl sites for hydroxylation is 1. The fourth-order valence-electron chi connectivity index (χ4n) is 2.53. The van der Waals surface area contributed by atoms with Crippen LogP contribution in [0.1, 0.15) is 35.2 Å². The van der Waals surface area contributed by atoms with E-state index in [1.54, 1.807) is 10.2 Å². The van der Waals surface area contributed by atoms with Crippen LogP contribution in [-0.2, 0) is 11.2 Å². The summed E-state index contributed by atoms with van der Waals surface area (Å²) >= 11 is 0.0411. The van der Waals surface area contributed by atoms with Gasteiger partial charge in [0.05, 0.1) is 0 Å². The SMILES string of the molecule is NC(CCS[Se]c1ccccc1C(=O)NCCCCc1ccccc1)C(=O)O. The second kappa shape index (κ2) is 12.6. The topological polar surface area (TPSA) is 92.4 Å². The average Bonchev–Trinajstić information content (AvgIpc) is 2.71. The molecule has 0 saturated heterocycles. The van der Waals surface area contributed by atoms with E-state index in [9.17, 15) is 9.59 Å². The fourth-order valence-corrected chi connectivity index (χ4v) is 6.58. The molecule has 150 valence electrons. The maximum atomic E-state index is 12.5. The minimum absolute atomic E-state index is 0.0411. The summed E-state index contributed by atoms with van der Waals surface area (Å²) in [5.74, 6) is -0.344. The molecular weight excluding hydrogens is 439 g/mol. The van der Waals surface area contributed by atoms with Crippen LogP contribution in [0.4, 0.5) is 0 Å². The number of unbranched alkanes of at least 4 members (excludes halogenated alkanes) is 1. The normalized spacial score (nSPS) is 11.8. The van der Waals surface area contributed by atoms with Crippen molar-refractivity contribution in [3.05, 3.63) is 65.7 Å². The number of nitrogens with two attached hydrogens (primary N) is 1. The summed E-state index contributed by atoms with van der Waals surface area (Å²) in [7, 11) is 1.65. The van der Waals surface area contributed by atoms with Crippen molar-refractivity contribution in [3.63, 3.8) is 0 Å². The third kappa shape index (κ3) is 8.07. The predicted octanol–water partition coefficient (Wildman–Crippen LogP) is 2.22. The van der Waals surface area contributed by atoms with Crippen molar-refractivity contribution in [1.82, 2.24) is 5.32 Å². The second-order valence-corrected chi connectivity index (χ2v) is 10.6. The molecule has 1 unspecified atom stereocenters. The van der Waals surface area contributed by atoms with Gasteiger partial charge in [-0.05, 0) is 0 Å². The van der Waals surface area contributed by atoms with Crippen LogP contribution in [0, 0.1) is 0 Å². The van der Waals surface area contributed by atoms with Gasteiger partial charge in [0, 0.05) is 0 Å². The van der Waals surface area contributed by atoms with Crippen LogP contribution in [0.2, 0.25) is 0 Å². The Balaban J connectivity index is 1.72. The Hall–Kier alpha value is -1.79. The molecule has 0 aliphatic carbocycles. The van der Waals surface area contributed by atoms with Crippen molar-refractivity contribution in [2.45, 2.75) is 31.7 Å². The molecule has 4 N–H and O–H groups in total. The molecule has 7 heteroatoms. The quantitative estimate of drug-likeness (QED) is 0.330. The molecule has 0 radical (unpaired) electrons. The van der Waals surface area contributed by atoms with Crippen molar-refractivity contribution in [1.29, 1.82) is 0 Å². The van der Waals surface area contributed by atoms with Gasteiger partial charge in [-0.15, -0.1) is 0 Å². The first-order chi connectivity index (χ1) is 13.6. The average molecular weight is 465 g/mol. The standard InChI is InChI=1S/C21H26N2O3SSe/c22-18(21(25)26)13-15-27-28-19-12-5-4-11-17(19)20(24)23-14-7-6-10-16-8-2-1-3-9-16/h1-5,8-9,11-12,18H,6-7,10,13-15,22H2,(H,23,24)(H,25,26). The van der Waals surface area contributed by atoms with E-state index in [1.807, 2.05) is 42.5 Å². The van der Waals surface area contributed by atoms with Gasteiger partial charge in [0.25, 0.3) is 0 Å². The third-order valence-corrected chi connectivity index (χ3v) is 8.50. The number of carboxylic acids is 1. The monoisotopic (exact) mass is 466 g/mol. The number of amides is 1. The van der Waals surface area contributed by atoms with Gasteiger partial charge < -0.3 is 0 Å². The minimum atomic E-state index is -0.972. The van der Waals surface area contributed by atoms with Gasteiger partial charge in [0.15, 0.2) is 0 Å². The maximum absolute atomic E-state index is 12.5. The van der Waals surface area contributed by atoms with E-state index in [0.717, 1.165) is 23.7 Å². The second-order valence-electron chi connectivity index (χ2n) is 6.33. The molecule has 0 aliphatic heterocycles. The summed E-state index contributed by atoms with van der Waals surface area (Å²) in [6.07, 6.45) is 3.42. The molecule has 0 spiro atoms. The molecule has 2 aromatic rings. The zero-order valence-electron chi connectivity index (χ0n) is 15.7. The molecule has 2 aromatic carbocycles. The number of benzene rings is 2. The first-order valence-electron chi connectivity index (χ1n) is 9.27. The van der Waals surface area contributed by atoms with Crippen LogP contribution < -0.4 is 15.5 Å². The van der Waals surface area contributed by atoms with Gasteiger partial charge in [-0.1, -0.05) is 0 Å². The molecule has 0 aromatic heterocycles. The van der Waals surface area contributed by atoms with E-state index in [-0.39, 0.29) is 19.7 Å². The van der Waals surface area contributed by atoms with Crippen LogP contribution >= 0.6 is 10.2 Å². The van der Waals surface area contributed by atoms with Crippen molar-refractivity contribution in [3.8, 4) is 0 Å². The first-order valence-corrected chi connectivity index (χ1v) is 13.1. The molecule has 0 fully saturated rings. The number of hydrogen-bond acceptors (Lipinski definition) is 4. The number of rotatable bonds is 12. The van der Waals surface area contributed by atoms with Gasteiger partial charge >= 0.3 is 176 Å². The summed E-state index contributed by atoms with van der Waals surface area (Å²) in [4.78, 5) is 23.3. The fraction of sp³-hybridized carbons (Fsp3) is 0.333. The number of carbonyl (C=O) groups excluding carboxylic acids is 1. The summed E-state index contributed by atoms with van der Waals surface area (Å²) in [6, 6.07) is 17.1. The van der Waals surface area contributed by atoms with Gasteiger partial charge in [-0.25, -0.2) is 0 Å². The number of hydrogen-bond donors (Lipinski definition) is 3. The molecule has 0 bridgehead atoms. The van der Waals surface area contributed by atoms with Crippen molar-refractivity contribution in [2.24, 2.45) is 5.73 Å². The Bertz CT molecular complexity index is 758. The van der Waals surface area contributed by atoms with Crippen LogP contribution in [-0.4, -0.2) is 49.2 Å². The molecular formula is C21H26N2O3SSe. The van der Waals surface area contributed by atoms with Gasteiger partial charge in [-0.3, -0.25) is 0 Å². The van der Waals surface area contributed by atoms with Crippen LogP contribution in [0.15, 0.2) is 54.6 Å². The molecule has 0 heterocycles. The number of nitrogens with one attached hydrogen (secondary N) is 1. The van der Waals surface area contributed by atoms with Gasteiger partial charge in [0.1, 0.15) is 0 Å². The number of carboxylic acid groups (broad SMARTS) is 1. The van der Waals surface area contributed by atoms with E-state index in [2.05, 4.69) is 17.4 Å². The Morgan fingerprint density at radius 3 is 2.54 bits per heavy atom. The Morgan fingerprint density at radius 1 is 1.07 bits per heavy atom. The van der Waals surface area contributed by atoms with Gasteiger partial charge in [-0.2, -0.15) is 0 Å². The van der Waals surface area contributed by atoms with Gasteiger partial charge in [0.2, 0.25) is 0 Å². The zero-order chi connectivity index (χ0) is 20.2. The van der Waals surface area contributed by atoms with Crippen LogP contribution in [0.5, 0.6) is 0 Å². The van der Waals surface area contributed by atoms with E-state index in [0.29, 0.717) is 24.3 Å². The predicted molar refractivity (Wildman–Crippen MR) is 116 cm³/mol. The molecule has 0 aliphatic rings. The van der Waals surface area contributed by atoms with E-state index >= 15 is 0 Å². The Kier molecular flexibility index (Phi) is 10.1. The Labute approximate surface area is 175 Å². The van der Waals surface area contributed by atoms with Crippen molar-refractivity contribution >= 4 is 40.4 Å². The first kappa shape index (κ1) is 22.5. The van der Waals surface area contributed by atoms with E-state index in [1.165, 1.54) is 5.56 Å². The number of aliphatic carboxylic acids is 1. The van der Waals surface area contributed by atoms with E-state index < -0.39 is 12.0 Å². The number of carbonyl (C=O) groups is 2. The molecule has 28 heavy (non-hydrogen) atoms. The summed E-state index contributed by atoms with van der Waals surface area (Å²) < 4.78 is 1.02. The van der Waals surface area contributed by atoms with Crippen molar-refractivity contribution in [2.75, 3.05) is 12.3 Å². The summed E-state index contributed by atoms with van der Waals surface area (Å²) in [5.41, 5.74) is 7.55. The molecule has 0 saturated carbocycles. The summed E-state index contributed by atoms with van der Waals surface area (Å²) in [5, 5.41) is 11.8. The molecule has 1 amide bonds. The van der Waals surface area contributed by atoms with E-state index in [4.69, 9.17) is 10.8 Å².